The van der Waals surface area contributed by atoms with Crippen LogP contribution >= 0.6 is 11.6 Å². The summed E-state index contributed by atoms with van der Waals surface area (Å²) in [6.07, 6.45) is 8.68. The highest BCUT2D eigenvalue weighted by Gasteiger charge is 2.16. The van der Waals surface area contributed by atoms with E-state index in [4.69, 9.17) is 11.6 Å². The molecule has 114 valence electrons. The summed E-state index contributed by atoms with van der Waals surface area (Å²) in [5, 5.41) is 0. The molecule has 0 atom stereocenters. The van der Waals surface area contributed by atoms with Crippen molar-refractivity contribution in [3.63, 3.8) is 0 Å². The summed E-state index contributed by atoms with van der Waals surface area (Å²) in [5.41, 5.74) is 1.78. The second kappa shape index (κ2) is 6.78. The van der Waals surface area contributed by atoms with E-state index in [-0.39, 0.29) is 5.82 Å². The molecule has 2 aromatic rings. The molecule has 1 fully saturated rings. The molecule has 0 aliphatic heterocycles. The fourth-order valence-electron chi connectivity index (χ4n) is 3.46. The molecule has 3 rings (SSSR count). The van der Waals surface area contributed by atoms with Gasteiger partial charge < -0.3 is 4.57 Å². The van der Waals surface area contributed by atoms with Crippen LogP contribution in [0.3, 0.4) is 0 Å². The highest BCUT2D eigenvalue weighted by atomic mass is 35.5. The van der Waals surface area contributed by atoms with Crippen molar-refractivity contribution in [3.05, 3.63) is 29.8 Å². The van der Waals surface area contributed by atoms with Crippen LogP contribution in [0.2, 0.25) is 0 Å². The van der Waals surface area contributed by atoms with E-state index >= 15 is 0 Å². The van der Waals surface area contributed by atoms with Gasteiger partial charge in [-0.2, -0.15) is 0 Å². The van der Waals surface area contributed by atoms with E-state index in [0.717, 1.165) is 42.2 Å². The molecule has 1 heterocycles. The van der Waals surface area contributed by atoms with Gasteiger partial charge in [0.25, 0.3) is 0 Å². The van der Waals surface area contributed by atoms with Gasteiger partial charge in [-0.3, -0.25) is 0 Å². The lowest BCUT2D eigenvalue weighted by Crippen LogP contribution is -2.12. The van der Waals surface area contributed by atoms with Crippen LogP contribution in [0.15, 0.2) is 18.2 Å². The van der Waals surface area contributed by atoms with E-state index in [1.807, 2.05) is 0 Å². The summed E-state index contributed by atoms with van der Waals surface area (Å²) in [6.45, 7) is 0.927. The number of rotatable bonds is 5. The van der Waals surface area contributed by atoms with Crippen molar-refractivity contribution >= 4 is 22.6 Å². The van der Waals surface area contributed by atoms with Crippen LogP contribution in [0.5, 0.6) is 0 Å². The van der Waals surface area contributed by atoms with E-state index < -0.39 is 0 Å². The molecule has 0 bridgehead atoms. The first-order chi connectivity index (χ1) is 10.3. The predicted octanol–water partition coefficient (Wildman–Crippen LogP) is 4.93. The molecule has 0 saturated heterocycles. The fraction of sp³-hybridized carbons (Fsp3) is 0.588. The molecule has 0 spiro atoms. The number of aryl methyl sites for hydroxylation is 2. The van der Waals surface area contributed by atoms with Crippen molar-refractivity contribution in [2.75, 3.05) is 5.88 Å². The topological polar surface area (TPSA) is 17.8 Å². The first-order valence-corrected chi connectivity index (χ1v) is 8.52. The Labute approximate surface area is 130 Å². The van der Waals surface area contributed by atoms with Crippen molar-refractivity contribution in [2.24, 2.45) is 5.92 Å². The van der Waals surface area contributed by atoms with E-state index in [2.05, 4.69) is 9.55 Å². The monoisotopic (exact) mass is 308 g/mol. The Balaban J connectivity index is 1.83. The fourth-order valence-corrected chi connectivity index (χ4v) is 3.63. The molecule has 1 aliphatic rings. The van der Waals surface area contributed by atoms with Gasteiger partial charge in [-0.15, -0.1) is 11.6 Å². The zero-order valence-electron chi connectivity index (χ0n) is 12.3. The summed E-state index contributed by atoms with van der Waals surface area (Å²) >= 11 is 5.89. The van der Waals surface area contributed by atoms with Crippen LogP contribution in [0.25, 0.3) is 11.0 Å². The number of imidazole rings is 1. The van der Waals surface area contributed by atoms with Gasteiger partial charge in [0.1, 0.15) is 11.6 Å². The second-order valence-corrected chi connectivity index (χ2v) is 6.42. The minimum absolute atomic E-state index is 0.196. The SMILES string of the molecule is Fc1ccc2nc(CCCl)n(CCC3CCCCC3)c2c1. The van der Waals surface area contributed by atoms with E-state index in [0.29, 0.717) is 5.88 Å². The number of nitrogens with zero attached hydrogens (tertiary/aromatic N) is 2. The smallest absolute Gasteiger partial charge is 0.125 e. The quantitative estimate of drug-likeness (QED) is 0.716. The zero-order chi connectivity index (χ0) is 14.7. The molecule has 0 unspecified atom stereocenters. The molecule has 1 aromatic carbocycles. The number of aromatic nitrogens is 2. The maximum absolute atomic E-state index is 13.5. The van der Waals surface area contributed by atoms with Gasteiger partial charge in [0.2, 0.25) is 0 Å². The summed E-state index contributed by atoms with van der Waals surface area (Å²) in [7, 11) is 0. The highest BCUT2D eigenvalue weighted by molar-refractivity contribution is 6.17. The third-order valence-electron chi connectivity index (χ3n) is 4.59. The molecular weight excluding hydrogens is 287 g/mol. The Bertz CT molecular complexity index is 602. The lowest BCUT2D eigenvalue weighted by molar-refractivity contribution is 0.324. The zero-order valence-corrected chi connectivity index (χ0v) is 13.1. The lowest BCUT2D eigenvalue weighted by Gasteiger charge is -2.22. The van der Waals surface area contributed by atoms with Crippen molar-refractivity contribution < 1.29 is 4.39 Å². The normalized spacial score (nSPS) is 16.7. The molecule has 0 radical (unpaired) electrons. The van der Waals surface area contributed by atoms with Gasteiger partial charge in [-0.25, -0.2) is 9.37 Å². The predicted molar refractivity (Wildman–Crippen MR) is 85.3 cm³/mol. The van der Waals surface area contributed by atoms with Gasteiger partial charge in [-0.1, -0.05) is 32.1 Å². The summed E-state index contributed by atoms with van der Waals surface area (Å²) in [5.74, 6) is 2.16. The van der Waals surface area contributed by atoms with Crippen LogP contribution in [0, 0.1) is 11.7 Å². The number of hydrogen-bond donors (Lipinski definition) is 0. The maximum atomic E-state index is 13.5. The van der Waals surface area contributed by atoms with Crippen molar-refractivity contribution in [3.8, 4) is 0 Å². The molecule has 1 saturated carbocycles. The Morgan fingerprint density at radius 1 is 1.24 bits per heavy atom. The average Bonchev–Trinajstić information content (AvgIpc) is 2.83. The second-order valence-electron chi connectivity index (χ2n) is 6.04. The van der Waals surface area contributed by atoms with Crippen LogP contribution in [-0.4, -0.2) is 15.4 Å². The molecule has 1 aliphatic carbocycles. The van der Waals surface area contributed by atoms with Gasteiger partial charge >= 0.3 is 0 Å². The Morgan fingerprint density at radius 3 is 2.81 bits per heavy atom. The van der Waals surface area contributed by atoms with Gasteiger partial charge in [-0.05, 0) is 30.5 Å². The number of halogens is 2. The molecule has 2 nitrogen and oxygen atoms in total. The molecular formula is C17H22ClFN2. The molecule has 0 amide bonds. The number of alkyl halides is 1. The number of hydrogen-bond acceptors (Lipinski definition) is 1. The molecule has 1 aromatic heterocycles. The molecule has 0 N–H and O–H groups in total. The van der Waals surface area contributed by atoms with Crippen molar-refractivity contribution in [1.82, 2.24) is 9.55 Å². The minimum atomic E-state index is -0.196. The van der Waals surface area contributed by atoms with E-state index in [9.17, 15) is 4.39 Å². The first kappa shape index (κ1) is 14.8. The van der Waals surface area contributed by atoms with E-state index in [1.165, 1.54) is 38.2 Å². The first-order valence-electron chi connectivity index (χ1n) is 7.98. The average molecular weight is 309 g/mol. The van der Waals surface area contributed by atoms with Gasteiger partial charge in [0.15, 0.2) is 0 Å². The van der Waals surface area contributed by atoms with Crippen LogP contribution in [0.1, 0.15) is 44.3 Å². The third-order valence-corrected chi connectivity index (χ3v) is 4.78. The van der Waals surface area contributed by atoms with E-state index in [1.54, 1.807) is 12.1 Å². The number of benzene rings is 1. The third kappa shape index (κ3) is 3.39. The standard InChI is InChI=1S/C17H22ClFN2/c18-10-8-17-20-15-7-6-14(19)12-16(15)21(17)11-9-13-4-2-1-3-5-13/h6-7,12-13H,1-5,8-11H2. The Morgan fingerprint density at radius 2 is 2.05 bits per heavy atom. The maximum Gasteiger partial charge on any atom is 0.125 e. The Hall–Kier alpha value is -1.09. The minimum Gasteiger partial charge on any atom is -0.328 e. The Kier molecular flexibility index (Phi) is 4.79. The highest BCUT2D eigenvalue weighted by Crippen LogP contribution is 2.28. The van der Waals surface area contributed by atoms with Crippen molar-refractivity contribution in [1.29, 1.82) is 0 Å². The summed E-state index contributed by atoms with van der Waals surface area (Å²) in [6, 6.07) is 4.84. The number of fused-ring (bicyclic) bond motifs is 1. The largest absolute Gasteiger partial charge is 0.328 e. The van der Waals surface area contributed by atoms with Gasteiger partial charge in [0, 0.05) is 18.8 Å². The van der Waals surface area contributed by atoms with Crippen LogP contribution < -0.4 is 0 Å². The van der Waals surface area contributed by atoms with Gasteiger partial charge in [0.05, 0.1) is 11.0 Å². The van der Waals surface area contributed by atoms with Crippen LogP contribution in [0.4, 0.5) is 4.39 Å². The summed E-state index contributed by atoms with van der Waals surface area (Å²) in [4.78, 5) is 4.62. The van der Waals surface area contributed by atoms with Crippen molar-refractivity contribution in [2.45, 2.75) is 51.5 Å². The summed E-state index contributed by atoms with van der Waals surface area (Å²) < 4.78 is 15.7. The lowest BCUT2D eigenvalue weighted by atomic mass is 9.87. The van der Waals surface area contributed by atoms with Crippen LogP contribution in [-0.2, 0) is 13.0 Å². The molecule has 4 heteroatoms. The molecule has 21 heavy (non-hydrogen) atoms.